The van der Waals surface area contributed by atoms with Crippen molar-refractivity contribution in [3.63, 3.8) is 0 Å². The zero-order chi connectivity index (χ0) is 18.6. The highest BCUT2D eigenvalue weighted by atomic mass is 16.1. The number of carbonyl (C=O) groups excluding carboxylic acids is 2. The van der Waals surface area contributed by atoms with E-state index in [2.05, 4.69) is 5.92 Å². The van der Waals surface area contributed by atoms with Crippen molar-refractivity contribution < 1.29 is 9.59 Å². The van der Waals surface area contributed by atoms with E-state index >= 15 is 0 Å². The lowest BCUT2D eigenvalue weighted by Crippen LogP contribution is -2.53. The van der Waals surface area contributed by atoms with Crippen LogP contribution in [-0.2, 0) is 9.59 Å². The molecule has 25 heavy (non-hydrogen) atoms. The van der Waals surface area contributed by atoms with Crippen LogP contribution in [0.1, 0.15) is 33.6 Å². The fourth-order valence-electron chi connectivity index (χ4n) is 4.96. The van der Waals surface area contributed by atoms with E-state index in [0.717, 1.165) is 5.57 Å². The van der Waals surface area contributed by atoms with E-state index in [-0.39, 0.29) is 28.6 Å². The van der Waals surface area contributed by atoms with Crippen molar-refractivity contribution >= 4 is 11.6 Å². The number of carbonyl (C=O) groups is 2. The minimum absolute atomic E-state index is 0.0550. The molecule has 0 aromatic carbocycles. The second-order valence-corrected chi connectivity index (χ2v) is 7.80. The summed E-state index contributed by atoms with van der Waals surface area (Å²) < 4.78 is 0. The van der Waals surface area contributed by atoms with Crippen molar-refractivity contribution in [1.82, 2.24) is 0 Å². The number of allylic oxidation sites excluding steroid dienone is 6. The average Bonchev–Trinajstić information content (AvgIpc) is 2.58. The summed E-state index contributed by atoms with van der Waals surface area (Å²) in [6, 6.07) is 3.93. The van der Waals surface area contributed by atoms with E-state index in [1.54, 1.807) is 12.2 Å². The Hall–Kier alpha value is -2.90. The maximum Gasteiger partial charge on any atom is 0.196 e. The van der Waals surface area contributed by atoms with Crippen LogP contribution in [0.3, 0.4) is 0 Å². The molecule has 0 unspecified atom stereocenters. The van der Waals surface area contributed by atoms with Crippen LogP contribution < -0.4 is 0 Å². The molecule has 0 heterocycles. The maximum atomic E-state index is 12.7. The highest BCUT2D eigenvalue weighted by Gasteiger charge is 2.59. The normalized spacial score (nSPS) is 35.7. The van der Waals surface area contributed by atoms with Gasteiger partial charge in [0.1, 0.15) is 12.1 Å². The van der Waals surface area contributed by atoms with E-state index in [4.69, 9.17) is 6.42 Å². The maximum absolute atomic E-state index is 12.7. The molecule has 0 N–H and O–H groups in total. The predicted octanol–water partition coefficient (Wildman–Crippen LogP) is 3.04. The summed E-state index contributed by atoms with van der Waals surface area (Å²) in [5.41, 5.74) is -1.34. The van der Waals surface area contributed by atoms with Crippen LogP contribution in [0, 0.1) is 57.2 Å². The second-order valence-electron chi connectivity index (χ2n) is 7.80. The molecule has 3 aliphatic carbocycles. The van der Waals surface area contributed by atoms with E-state index in [9.17, 15) is 20.1 Å². The molecule has 3 aliphatic rings. The Morgan fingerprint density at radius 2 is 1.76 bits per heavy atom. The monoisotopic (exact) mass is 330 g/mol. The number of nitriles is 2. The SMILES string of the molecule is C#C[C@@]12C=C(C#N)C(=O)C=C1[C@]1(C)C=C(C#N)C(=O)C(C)(C)[C@H]1CC2. The molecule has 3 rings (SSSR count). The van der Waals surface area contributed by atoms with Gasteiger partial charge in [-0.1, -0.05) is 32.8 Å². The third-order valence-corrected chi connectivity index (χ3v) is 6.19. The molecule has 4 nitrogen and oxygen atoms in total. The van der Waals surface area contributed by atoms with Crippen molar-refractivity contribution in [2.45, 2.75) is 33.6 Å². The second kappa shape index (κ2) is 5.05. The number of hydrogen-bond acceptors (Lipinski definition) is 4. The van der Waals surface area contributed by atoms with Crippen LogP contribution in [-0.4, -0.2) is 11.6 Å². The first-order valence-corrected chi connectivity index (χ1v) is 8.22. The lowest BCUT2D eigenvalue weighted by Gasteiger charge is -2.56. The molecule has 4 heteroatoms. The topological polar surface area (TPSA) is 81.7 Å². The van der Waals surface area contributed by atoms with Gasteiger partial charge in [-0.25, -0.2) is 0 Å². The molecule has 124 valence electrons. The first-order chi connectivity index (χ1) is 11.7. The minimum atomic E-state index is -0.822. The first kappa shape index (κ1) is 16.9. The molecule has 0 spiro atoms. The molecule has 0 aromatic heterocycles. The van der Waals surface area contributed by atoms with Gasteiger partial charge in [0.15, 0.2) is 11.6 Å². The van der Waals surface area contributed by atoms with Gasteiger partial charge in [0.05, 0.1) is 16.6 Å². The number of Topliss-reactive ketones (excluding diaryl/α,β-unsaturated/α-hetero) is 1. The Morgan fingerprint density at radius 1 is 1.12 bits per heavy atom. The van der Waals surface area contributed by atoms with E-state index in [1.807, 2.05) is 32.9 Å². The molecule has 1 saturated carbocycles. The fraction of sp³-hybridized carbons (Fsp3) is 0.429. The van der Waals surface area contributed by atoms with E-state index in [1.165, 1.54) is 6.08 Å². The van der Waals surface area contributed by atoms with Crippen LogP contribution in [0.2, 0.25) is 0 Å². The van der Waals surface area contributed by atoms with Gasteiger partial charge in [-0.15, -0.1) is 6.42 Å². The molecule has 0 saturated heterocycles. The summed E-state index contributed by atoms with van der Waals surface area (Å²) in [7, 11) is 0. The lowest BCUT2D eigenvalue weighted by atomic mass is 9.45. The molecule has 0 aliphatic heterocycles. The van der Waals surface area contributed by atoms with Crippen LogP contribution in [0.5, 0.6) is 0 Å². The summed E-state index contributed by atoms with van der Waals surface area (Å²) in [6.45, 7) is 5.65. The third kappa shape index (κ3) is 2.00. The number of ketones is 2. The standard InChI is InChI=1S/C21H18N2O2/c1-5-21-7-6-16-19(2,3)18(25)14(12-23)9-20(16,4)17(21)8-15(24)13(10-21)11-22/h1,8-10,16H,6-7H2,2-4H3/t16-,20-,21-/m1/s1. The van der Waals surface area contributed by atoms with Crippen molar-refractivity contribution in [2.24, 2.45) is 22.2 Å². The average molecular weight is 330 g/mol. The number of rotatable bonds is 0. The number of fused-ring (bicyclic) bond motifs is 3. The van der Waals surface area contributed by atoms with Gasteiger partial charge in [0, 0.05) is 10.8 Å². The molecule has 1 fully saturated rings. The Bertz CT molecular complexity index is 926. The zero-order valence-corrected chi connectivity index (χ0v) is 14.5. The van der Waals surface area contributed by atoms with E-state index < -0.39 is 16.2 Å². The number of terminal acetylenes is 1. The Balaban J connectivity index is 2.31. The summed E-state index contributed by atoms with van der Waals surface area (Å²) in [6.07, 6.45) is 11.8. The lowest BCUT2D eigenvalue weighted by molar-refractivity contribution is -0.130. The third-order valence-electron chi connectivity index (χ3n) is 6.19. The highest BCUT2D eigenvalue weighted by Crippen LogP contribution is 2.63. The number of nitrogens with zero attached hydrogens (tertiary/aromatic N) is 2. The summed E-state index contributed by atoms with van der Waals surface area (Å²) >= 11 is 0. The molecule has 0 bridgehead atoms. The minimum Gasteiger partial charge on any atom is -0.293 e. The molecule has 0 radical (unpaired) electrons. The molecule has 0 aromatic rings. The summed E-state index contributed by atoms with van der Waals surface area (Å²) in [5.74, 6) is 2.19. The van der Waals surface area contributed by atoms with Crippen molar-refractivity contribution in [2.75, 3.05) is 0 Å². The quantitative estimate of drug-likeness (QED) is 0.639. The Kier molecular flexibility index (Phi) is 3.42. The van der Waals surface area contributed by atoms with Gasteiger partial charge < -0.3 is 0 Å². The largest absolute Gasteiger partial charge is 0.293 e. The Labute approximate surface area is 147 Å². The fourth-order valence-corrected chi connectivity index (χ4v) is 4.96. The van der Waals surface area contributed by atoms with Crippen molar-refractivity contribution in [1.29, 1.82) is 10.5 Å². The molecule has 0 amide bonds. The van der Waals surface area contributed by atoms with Crippen LogP contribution >= 0.6 is 0 Å². The van der Waals surface area contributed by atoms with Crippen LogP contribution in [0.25, 0.3) is 0 Å². The summed E-state index contributed by atoms with van der Waals surface area (Å²) in [4.78, 5) is 25.0. The summed E-state index contributed by atoms with van der Waals surface area (Å²) in [5, 5.41) is 18.6. The van der Waals surface area contributed by atoms with Gasteiger partial charge in [-0.3, -0.25) is 9.59 Å². The van der Waals surface area contributed by atoms with E-state index in [0.29, 0.717) is 12.8 Å². The van der Waals surface area contributed by atoms with Crippen LogP contribution in [0.4, 0.5) is 0 Å². The van der Waals surface area contributed by atoms with Gasteiger partial charge in [-0.05, 0) is 36.5 Å². The van der Waals surface area contributed by atoms with Gasteiger partial charge in [0.2, 0.25) is 0 Å². The number of hydrogen-bond donors (Lipinski definition) is 0. The van der Waals surface area contributed by atoms with Gasteiger partial charge in [-0.2, -0.15) is 10.5 Å². The molecular formula is C21H18N2O2. The zero-order valence-electron chi connectivity index (χ0n) is 14.5. The van der Waals surface area contributed by atoms with Gasteiger partial charge >= 0.3 is 0 Å². The van der Waals surface area contributed by atoms with Gasteiger partial charge in [0.25, 0.3) is 0 Å². The highest BCUT2D eigenvalue weighted by molar-refractivity contribution is 6.09. The van der Waals surface area contributed by atoms with Crippen molar-refractivity contribution in [3.8, 4) is 24.5 Å². The first-order valence-electron chi connectivity index (χ1n) is 8.22. The predicted molar refractivity (Wildman–Crippen MR) is 91.4 cm³/mol. The molecule has 3 atom stereocenters. The smallest absolute Gasteiger partial charge is 0.196 e. The Morgan fingerprint density at radius 3 is 2.32 bits per heavy atom. The van der Waals surface area contributed by atoms with Crippen molar-refractivity contribution in [3.05, 3.63) is 34.9 Å². The molecular weight excluding hydrogens is 312 g/mol. The van der Waals surface area contributed by atoms with Crippen LogP contribution in [0.15, 0.2) is 34.9 Å².